The third-order valence-electron chi connectivity index (χ3n) is 4.15. The van der Waals surface area contributed by atoms with Crippen LogP contribution in [0.4, 0.5) is 4.39 Å². The van der Waals surface area contributed by atoms with E-state index in [1.54, 1.807) is 0 Å². The van der Waals surface area contributed by atoms with Crippen molar-refractivity contribution >= 4 is 5.97 Å². The molecule has 1 aliphatic carbocycles. The van der Waals surface area contributed by atoms with Gasteiger partial charge in [-0.15, -0.1) is 0 Å². The summed E-state index contributed by atoms with van der Waals surface area (Å²) in [5, 5.41) is 9.25. The predicted molar refractivity (Wildman–Crippen MR) is 80.7 cm³/mol. The molecule has 0 bridgehead atoms. The monoisotopic (exact) mass is 318 g/mol. The van der Waals surface area contributed by atoms with Crippen molar-refractivity contribution in [2.24, 2.45) is 0 Å². The average Bonchev–Trinajstić information content (AvgIpc) is 3.03. The number of hydrogen-bond acceptors (Lipinski definition) is 3. The number of halogens is 1. The van der Waals surface area contributed by atoms with Crippen molar-refractivity contribution < 1.29 is 14.3 Å². The van der Waals surface area contributed by atoms with Crippen LogP contribution in [0.3, 0.4) is 0 Å². The van der Waals surface area contributed by atoms with Crippen molar-refractivity contribution in [1.29, 1.82) is 0 Å². The number of aromatic carboxylic acids is 1. The molecule has 1 saturated carbocycles. The van der Waals surface area contributed by atoms with Crippen LogP contribution in [0.15, 0.2) is 40.1 Å². The summed E-state index contributed by atoms with van der Waals surface area (Å²) in [6.45, 7) is 0. The first kappa shape index (κ1) is 15.2. The fourth-order valence-electron chi connectivity index (χ4n) is 2.98. The Labute approximate surface area is 130 Å². The fraction of sp³-hybridized carbons (Fsp3) is 0.312. The van der Waals surface area contributed by atoms with E-state index in [1.165, 1.54) is 16.7 Å². The second-order valence-corrected chi connectivity index (χ2v) is 5.59. The maximum Gasteiger partial charge on any atom is 0.342 e. The highest BCUT2D eigenvalue weighted by atomic mass is 19.1. The standard InChI is InChI=1S/C16H15FN2O4/c17-10-5-7-12(8-6-10)19-14(20)13(15(21)22)9-18(16(19)23)11-3-1-2-4-11/h5-9,11H,1-4H2,(H,21,22). The molecular formula is C16H15FN2O4. The molecule has 0 unspecified atom stereocenters. The molecule has 7 heteroatoms. The largest absolute Gasteiger partial charge is 0.477 e. The SMILES string of the molecule is O=C(O)c1cn(C2CCCC2)c(=O)n(-c2ccc(F)cc2)c1=O. The smallest absolute Gasteiger partial charge is 0.342 e. The highest BCUT2D eigenvalue weighted by Crippen LogP contribution is 2.28. The lowest BCUT2D eigenvalue weighted by molar-refractivity contribution is 0.0693. The first-order valence-corrected chi connectivity index (χ1v) is 7.36. The molecule has 3 rings (SSSR count). The van der Waals surface area contributed by atoms with E-state index < -0.39 is 28.6 Å². The molecular weight excluding hydrogens is 303 g/mol. The number of carbonyl (C=O) groups is 1. The minimum atomic E-state index is -1.39. The molecule has 1 aromatic heterocycles. The molecule has 0 radical (unpaired) electrons. The Hall–Kier alpha value is -2.70. The number of hydrogen-bond donors (Lipinski definition) is 1. The number of aromatic nitrogens is 2. The highest BCUT2D eigenvalue weighted by Gasteiger charge is 2.24. The van der Waals surface area contributed by atoms with E-state index in [2.05, 4.69) is 0 Å². The lowest BCUT2D eigenvalue weighted by Gasteiger charge is -2.16. The summed E-state index contributed by atoms with van der Waals surface area (Å²) in [4.78, 5) is 36.4. The van der Waals surface area contributed by atoms with Gasteiger partial charge >= 0.3 is 11.7 Å². The van der Waals surface area contributed by atoms with Crippen molar-refractivity contribution in [3.05, 3.63) is 62.7 Å². The summed E-state index contributed by atoms with van der Waals surface area (Å²) in [5.74, 6) is -1.90. The van der Waals surface area contributed by atoms with Gasteiger partial charge in [0.25, 0.3) is 5.56 Å². The molecule has 120 valence electrons. The predicted octanol–water partition coefficient (Wildman–Crippen LogP) is 1.95. The summed E-state index contributed by atoms with van der Waals surface area (Å²) in [7, 11) is 0. The van der Waals surface area contributed by atoms with Crippen molar-refractivity contribution in [2.45, 2.75) is 31.7 Å². The van der Waals surface area contributed by atoms with Gasteiger partial charge in [0.2, 0.25) is 0 Å². The number of benzene rings is 1. The van der Waals surface area contributed by atoms with Gasteiger partial charge in [-0.3, -0.25) is 9.36 Å². The molecule has 1 fully saturated rings. The van der Waals surface area contributed by atoms with E-state index in [4.69, 9.17) is 0 Å². The van der Waals surface area contributed by atoms with Crippen LogP contribution in [-0.2, 0) is 0 Å². The molecule has 2 aromatic rings. The Morgan fingerprint density at radius 2 is 1.74 bits per heavy atom. The van der Waals surface area contributed by atoms with Gasteiger partial charge in [-0.1, -0.05) is 12.8 Å². The van der Waals surface area contributed by atoms with Gasteiger partial charge in [-0.05, 0) is 37.1 Å². The van der Waals surface area contributed by atoms with Crippen LogP contribution in [0.5, 0.6) is 0 Å². The Morgan fingerprint density at radius 1 is 1.13 bits per heavy atom. The maximum absolute atomic E-state index is 13.1. The maximum atomic E-state index is 13.1. The molecule has 0 atom stereocenters. The molecule has 23 heavy (non-hydrogen) atoms. The molecule has 1 aromatic carbocycles. The summed E-state index contributed by atoms with van der Waals surface area (Å²) >= 11 is 0. The van der Waals surface area contributed by atoms with E-state index in [1.807, 2.05) is 0 Å². The zero-order valence-corrected chi connectivity index (χ0v) is 12.2. The molecule has 0 spiro atoms. The van der Waals surface area contributed by atoms with Gasteiger partial charge in [0.15, 0.2) is 0 Å². The molecule has 0 saturated heterocycles. The Morgan fingerprint density at radius 3 is 2.30 bits per heavy atom. The van der Waals surface area contributed by atoms with Crippen LogP contribution in [0.1, 0.15) is 42.1 Å². The zero-order chi connectivity index (χ0) is 16.6. The molecule has 1 N–H and O–H groups in total. The van der Waals surface area contributed by atoms with Crippen molar-refractivity contribution in [1.82, 2.24) is 9.13 Å². The van der Waals surface area contributed by atoms with Crippen molar-refractivity contribution in [2.75, 3.05) is 0 Å². The van der Waals surface area contributed by atoms with E-state index in [0.29, 0.717) is 0 Å². The molecule has 0 aliphatic heterocycles. The van der Waals surface area contributed by atoms with Crippen molar-refractivity contribution in [3.8, 4) is 5.69 Å². The molecule has 0 amide bonds. The van der Waals surface area contributed by atoms with Gasteiger partial charge in [0, 0.05) is 12.2 Å². The number of nitrogens with zero attached hydrogens (tertiary/aromatic N) is 2. The van der Waals surface area contributed by atoms with Gasteiger partial charge in [-0.2, -0.15) is 0 Å². The van der Waals surface area contributed by atoms with Crippen LogP contribution >= 0.6 is 0 Å². The van der Waals surface area contributed by atoms with E-state index >= 15 is 0 Å². The van der Waals surface area contributed by atoms with Crippen LogP contribution in [-0.4, -0.2) is 20.2 Å². The first-order chi connectivity index (χ1) is 11.0. The number of carboxylic acids is 1. The second-order valence-electron chi connectivity index (χ2n) is 5.59. The van der Waals surface area contributed by atoms with Gasteiger partial charge in [-0.25, -0.2) is 18.5 Å². The zero-order valence-electron chi connectivity index (χ0n) is 12.2. The van der Waals surface area contributed by atoms with E-state index in [9.17, 15) is 23.9 Å². The van der Waals surface area contributed by atoms with Crippen LogP contribution in [0, 0.1) is 5.82 Å². The first-order valence-electron chi connectivity index (χ1n) is 7.36. The van der Waals surface area contributed by atoms with Gasteiger partial charge in [0.1, 0.15) is 11.4 Å². The summed E-state index contributed by atoms with van der Waals surface area (Å²) < 4.78 is 15.2. The minimum absolute atomic E-state index is 0.118. The third kappa shape index (κ3) is 2.69. The normalized spacial score (nSPS) is 15.0. The number of rotatable bonds is 3. The van der Waals surface area contributed by atoms with Gasteiger partial charge < -0.3 is 5.11 Å². The highest BCUT2D eigenvalue weighted by molar-refractivity contribution is 5.86. The lowest BCUT2D eigenvalue weighted by Crippen LogP contribution is -2.42. The third-order valence-corrected chi connectivity index (χ3v) is 4.15. The quantitative estimate of drug-likeness (QED) is 0.938. The molecule has 6 nitrogen and oxygen atoms in total. The summed E-state index contributed by atoms with van der Waals surface area (Å²) in [6.07, 6.45) is 4.56. The minimum Gasteiger partial charge on any atom is -0.477 e. The van der Waals surface area contributed by atoms with E-state index in [0.717, 1.165) is 48.6 Å². The average molecular weight is 318 g/mol. The lowest BCUT2D eigenvalue weighted by atomic mass is 10.2. The Balaban J connectivity index is 2.28. The van der Waals surface area contributed by atoms with Crippen molar-refractivity contribution in [3.63, 3.8) is 0 Å². The molecule has 1 aliphatic rings. The topological polar surface area (TPSA) is 81.3 Å². The van der Waals surface area contributed by atoms with Crippen LogP contribution in [0.2, 0.25) is 0 Å². The van der Waals surface area contributed by atoms with Crippen LogP contribution < -0.4 is 11.2 Å². The summed E-state index contributed by atoms with van der Waals surface area (Å²) in [6, 6.07) is 4.68. The second kappa shape index (κ2) is 5.83. The van der Waals surface area contributed by atoms with Gasteiger partial charge in [0.05, 0.1) is 5.69 Å². The Bertz CT molecular complexity index is 861. The molecule has 1 heterocycles. The van der Waals surface area contributed by atoms with E-state index in [-0.39, 0.29) is 11.7 Å². The Kier molecular flexibility index (Phi) is 3.85. The fourth-order valence-corrected chi connectivity index (χ4v) is 2.98. The number of carboxylic acid groups (broad SMARTS) is 1. The summed E-state index contributed by atoms with van der Waals surface area (Å²) in [5.41, 5.74) is -1.83. The van der Waals surface area contributed by atoms with Crippen LogP contribution in [0.25, 0.3) is 5.69 Å².